The lowest BCUT2D eigenvalue weighted by Gasteiger charge is -2.09. The minimum absolute atomic E-state index is 0.0392. The van der Waals surface area contributed by atoms with Crippen LogP contribution in [0, 0.1) is 5.92 Å². The highest BCUT2D eigenvalue weighted by Gasteiger charge is 2.26. The van der Waals surface area contributed by atoms with Gasteiger partial charge in [-0.25, -0.2) is 0 Å². The Bertz CT molecular complexity index is 317. The number of rotatable bonds is 6. The second-order valence-electron chi connectivity index (χ2n) is 3.85. The summed E-state index contributed by atoms with van der Waals surface area (Å²) in [5, 5.41) is 17.8. The monoisotopic (exact) mass is 224 g/mol. The van der Waals surface area contributed by atoms with Crippen molar-refractivity contribution in [3.8, 4) is 0 Å². The molecule has 2 unspecified atom stereocenters. The van der Waals surface area contributed by atoms with E-state index in [2.05, 4.69) is 0 Å². The molecule has 4 heteroatoms. The number of hydrogen-bond acceptors (Lipinski definition) is 3. The van der Waals surface area contributed by atoms with Crippen LogP contribution < -0.4 is 0 Å². The van der Waals surface area contributed by atoms with Gasteiger partial charge in [-0.15, -0.1) is 0 Å². The SMILES string of the molecule is O=C(O)CCC/C=C\CC1C(=O)C=CC1O. The van der Waals surface area contributed by atoms with E-state index in [1.165, 1.54) is 12.2 Å². The Morgan fingerprint density at radius 2 is 2.19 bits per heavy atom. The number of unbranched alkanes of at least 4 members (excludes halogenated alkanes) is 1. The summed E-state index contributed by atoms with van der Waals surface area (Å²) in [5.41, 5.74) is 0. The molecule has 0 aliphatic heterocycles. The molecule has 1 aliphatic carbocycles. The van der Waals surface area contributed by atoms with E-state index in [0.717, 1.165) is 0 Å². The summed E-state index contributed by atoms with van der Waals surface area (Å²) in [4.78, 5) is 21.5. The van der Waals surface area contributed by atoms with E-state index in [4.69, 9.17) is 5.11 Å². The van der Waals surface area contributed by atoms with Gasteiger partial charge in [0.1, 0.15) is 0 Å². The molecule has 0 saturated heterocycles. The number of carboxylic acid groups (broad SMARTS) is 1. The molecule has 0 heterocycles. The second kappa shape index (κ2) is 6.23. The van der Waals surface area contributed by atoms with Crippen LogP contribution in [0.1, 0.15) is 25.7 Å². The maximum Gasteiger partial charge on any atom is 0.303 e. The fraction of sp³-hybridized carbons (Fsp3) is 0.500. The van der Waals surface area contributed by atoms with Gasteiger partial charge >= 0.3 is 5.97 Å². The molecule has 88 valence electrons. The number of carbonyl (C=O) groups is 2. The van der Waals surface area contributed by atoms with Gasteiger partial charge in [-0.3, -0.25) is 9.59 Å². The van der Waals surface area contributed by atoms with Gasteiger partial charge in [0.25, 0.3) is 0 Å². The maximum absolute atomic E-state index is 11.2. The van der Waals surface area contributed by atoms with Crippen molar-refractivity contribution in [2.45, 2.75) is 31.8 Å². The third-order valence-corrected chi connectivity index (χ3v) is 2.55. The summed E-state index contributed by atoms with van der Waals surface area (Å²) >= 11 is 0. The third kappa shape index (κ3) is 3.98. The Balaban J connectivity index is 2.17. The average Bonchev–Trinajstić information content (AvgIpc) is 2.53. The summed E-state index contributed by atoms with van der Waals surface area (Å²) in [7, 11) is 0. The smallest absolute Gasteiger partial charge is 0.303 e. The van der Waals surface area contributed by atoms with Crippen molar-refractivity contribution < 1.29 is 19.8 Å². The van der Waals surface area contributed by atoms with Crippen LogP contribution in [0.2, 0.25) is 0 Å². The fourth-order valence-electron chi connectivity index (χ4n) is 1.61. The number of hydrogen-bond donors (Lipinski definition) is 2. The van der Waals surface area contributed by atoms with Gasteiger partial charge in [0.15, 0.2) is 5.78 Å². The lowest BCUT2D eigenvalue weighted by atomic mass is 9.99. The summed E-state index contributed by atoms with van der Waals surface area (Å²) in [5.74, 6) is -1.18. The molecule has 4 nitrogen and oxygen atoms in total. The van der Waals surface area contributed by atoms with E-state index >= 15 is 0 Å². The molecule has 0 spiro atoms. The van der Waals surface area contributed by atoms with E-state index < -0.39 is 12.1 Å². The number of ketones is 1. The van der Waals surface area contributed by atoms with Crippen molar-refractivity contribution >= 4 is 11.8 Å². The minimum atomic E-state index is -0.793. The number of aliphatic hydroxyl groups is 1. The van der Waals surface area contributed by atoms with Crippen LogP contribution in [-0.2, 0) is 9.59 Å². The average molecular weight is 224 g/mol. The number of aliphatic carboxylic acids is 1. The van der Waals surface area contributed by atoms with Crippen LogP contribution in [0.5, 0.6) is 0 Å². The quantitative estimate of drug-likeness (QED) is 0.527. The van der Waals surface area contributed by atoms with E-state index in [-0.39, 0.29) is 18.1 Å². The zero-order chi connectivity index (χ0) is 12.0. The molecule has 0 aromatic carbocycles. The molecule has 1 rings (SSSR count). The third-order valence-electron chi connectivity index (χ3n) is 2.55. The fourth-order valence-corrected chi connectivity index (χ4v) is 1.61. The number of aliphatic hydroxyl groups excluding tert-OH is 1. The Kier molecular flexibility index (Phi) is 4.92. The first-order chi connectivity index (χ1) is 7.61. The number of carbonyl (C=O) groups excluding carboxylic acids is 1. The zero-order valence-corrected chi connectivity index (χ0v) is 9.00. The highest BCUT2D eigenvalue weighted by Crippen LogP contribution is 2.19. The van der Waals surface area contributed by atoms with Crippen molar-refractivity contribution in [3.05, 3.63) is 24.3 Å². The van der Waals surface area contributed by atoms with Crippen LogP contribution in [0.25, 0.3) is 0 Å². The van der Waals surface area contributed by atoms with Crippen LogP contribution in [0.15, 0.2) is 24.3 Å². The molecule has 0 fully saturated rings. The highest BCUT2D eigenvalue weighted by atomic mass is 16.4. The second-order valence-corrected chi connectivity index (χ2v) is 3.85. The summed E-state index contributed by atoms with van der Waals surface area (Å²) in [6.45, 7) is 0. The van der Waals surface area contributed by atoms with Crippen molar-refractivity contribution in [3.63, 3.8) is 0 Å². The van der Waals surface area contributed by atoms with Crippen LogP contribution in [0.3, 0.4) is 0 Å². The van der Waals surface area contributed by atoms with Gasteiger partial charge in [0.2, 0.25) is 0 Å². The molecule has 0 aromatic rings. The minimum Gasteiger partial charge on any atom is -0.481 e. The van der Waals surface area contributed by atoms with Crippen molar-refractivity contribution in [1.29, 1.82) is 0 Å². The molecule has 0 amide bonds. The standard InChI is InChI=1S/C12H16O4/c13-10-7-8-11(14)9(10)5-3-1-2-4-6-12(15)16/h1,3,7-10,13H,2,4-6H2,(H,15,16)/b3-1-. The molecular formula is C12H16O4. The van der Waals surface area contributed by atoms with Gasteiger partial charge in [0.05, 0.1) is 12.0 Å². The highest BCUT2D eigenvalue weighted by molar-refractivity contribution is 5.95. The number of carboxylic acids is 1. The van der Waals surface area contributed by atoms with Crippen molar-refractivity contribution in [2.75, 3.05) is 0 Å². The molecule has 2 N–H and O–H groups in total. The first-order valence-electron chi connectivity index (χ1n) is 5.38. The summed E-state index contributed by atoms with van der Waals surface area (Å²) in [6, 6.07) is 0. The molecule has 2 atom stereocenters. The van der Waals surface area contributed by atoms with E-state index in [9.17, 15) is 14.7 Å². The first-order valence-corrected chi connectivity index (χ1v) is 5.38. The van der Waals surface area contributed by atoms with Gasteiger partial charge in [-0.1, -0.05) is 18.2 Å². The van der Waals surface area contributed by atoms with Crippen molar-refractivity contribution in [2.24, 2.45) is 5.92 Å². The molecule has 1 aliphatic rings. The van der Waals surface area contributed by atoms with E-state index in [1.54, 1.807) is 0 Å². The Morgan fingerprint density at radius 1 is 1.44 bits per heavy atom. The lowest BCUT2D eigenvalue weighted by molar-refractivity contribution is -0.137. The molecule has 0 bridgehead atoms. The van der Waals surface area contributed by atoms with E-state index in [0.29, 0.717) is 19.3 Å². The normalized spacial score (nSPS) is 24.4. The number of allylic oxidation sites excluding steroid dienone is 3. The van der Waals surface area contributed by atoms with Gasteiger partial charge < -0.3 is 10.2 Å². The maximum atomic E-state index is 11.2. The van der Waals surface area contributed by atoms with E-state index in [1.807, 2.05) is 12.2 Å². The molecular weight excluding hydrogens is 208 g/mol. The predicted molar refractivity (Wildman–Crippen MR) is 58.9 cm³/mol. The molecule has 0 aromatic heterocycles. The summed E-state index contributed by atoms with van der Waals surface area (Å²) < 4.78 is 0. The largest absolute Gasteiger partial charge is 0.481 e. The molecule has 16 heavy (non-hydrogen) atoms. The van der Waals surface area contributed by atoms with Crippen LogP contribution in [0.4, 0.5) is 0 Å². The Labute approximate surface area is 94.3 Å². The predicted octanol–water partition coefficient (Wildman–Crippen LogP) is 1.30. The van der Waals surface area contributed by atoms with Gasteiger partial charge in [-0.05, 0) is 25.3 Å². The Hall–Kier alpha value is -1.42. The topological polar surface area (TPSA) is 74.6 Å². The van der Waals surface area contributed by atoms with Crippen molar-refractivity contribution in [1.82, 2.24) is 0 Å². The summed E-state index contributed by atoms with van der Waals surface area (Å²) in [6.07, 6.45) is 7.91. The van der Waals surface area contributed by atoms with Gasteiger partial charge in [0, 0.05) is 6.42 Å². The lowest BCUT2D eigenvalue weighted by Crippen LogP contribution is -2.18. The van der Waals surface area contributed by atoms with Gasteiger partial charge in [-0.2, -0.15) is 0 Å². The molecule has 0 radical (unpaired) electrons. The Morgan fingerprint density at radius 3 is 2.75 bits per heavy atom. The van der Waals surface area contributed by atoms with Crippen LogP contribution >= 0.6 is 0 Å². The zero-order valence-electron chi connectivity index (χ0n) is 9.00. The first kappa shape index (κ1) is 12.6. The molecule has 0 saturated carbocycles. The van der Waals surface area contributed by atoms with Crippen LogP contribution in [-0.4, -0.2) is 28.1 Å².